The standard InChI is InChI=1S/C33H27N3O9/c1-19(37)43-28-10-4-7-25(16-28)34-31(40)22-13-23(32(41)35-26-8-5-11-29(17-26)44-20(2)38)15-24(14-22)33(42)36-27-9-6-12-30(18-27)45-21(3)39/h4-18H,1-3H3,(H,34,40)(H,35,41)(H,36,42). The van der Waals surface area contributed by atoms with Crippen LogP contribution < -0.4 is 30.2 Å². The van der Waals surface area contributed by atoms with Crippen LogP contribution in [0.5, 0.6) is 17.2 Å². The highest BCUT2D eigenvalue weighted by atomic mass is 16.5. The summed E-state index contributed by atoms with van der Waals surface area (Å²) in [5.41, 5.74) is 0.784. The molecule has 0 saturated carbocycles. The molecule has 0 radical (unpaired) electrons. The quantitative estimate of drug-likeness (QED) is 0.170. The average Bonchev–Trinajstić information content (AvgIpc) is 2.96. The number of nitrogens with one attached hydrogen (secondary N) is 3. The van der Waals surface area contributed by atoms with Crippen LogP contribution in [0.15, 0.2) is 91.0 Å². The van der Waals surface area contributed by atoms with Crippen LogP contribution in [-0.2, 0) is 14.4 Å². The van der Waals surface area contributed by atoms with Crippen molar-refractivity contribution in [1.82, 2.24) is 0 Å². The van der Waals surface area contributed by atoms with E-state index in [1.165, 1.54) is 75.4 Å². The predicted octanol–water partition coefficient (Wildman–Crippen LogP) is 5.22. The molecule has 4 aromatic carbocycles. The number of ether oxygens (including phenoxy) is 3. The summed E-state index contributed by atoms with van der Waals surface area (Å²) in [5.74, 6) is -2.97. The fraction of sp³-hybridized carbons (Fsp3) is 0.0909. The molecule has 0 spiro atoms. The highest BCUT2D eigenvalue weighted by molar-refractivity contribution is 6.13. The summed E-state index contributed by atoms with van der Waals surface area (Å²) in [6, 6.07) is 22.3. The van der Waals surface area contributed by atoms with E-state index in [2.05, 4.69) is 16.0 Å². The zero-order valence-electron chi connectivity index (χ0n) is 24.3. The van der Waals surface area contributed by atoms with E-state index in [-0.39, 0.29) is 33.9 Å². The molecule has 0 bridgehead atoms. The summed E-state index contributed by atoms with van der Waals surface area (Å²) in [5, 5.41) is 7.99. The minimum Gasteiger partial charge on any atom is -0.427 e. The molecule has 0 aliphatic rings. The average molecular weight is 610 g/mol. The maximum atomic E-state index is 13.3. The fourth-order valence-corrected chi connectivity index (χ4v) is 4.04. The molecule has 0 heterocycles. The second-order valence-electron chi connectivity index (χ2n) is 9.53. The molecule has 0 unspecified atom stereocenters. The van der Waals surface area contributed by atoms with Gasteiger partial charge in [-0.05, 0) is 54.6 Å². The number of amides is 3. The molecule has 3 N–H and O–H groups in total. The molecule has 228 valence electrons. The third-order valence-corrected chi connectivity index (χ3v) is 5.78. The third-order valence-electron chi connectivity index (χ3n) is 5.78. The molecule has 4 aromatic rings. The van der Waals surface area contributed by atoms with Crippen molar-refractivity contribution in [3.8, 4) is 17.2 Å². The molecule has 0 fully saturated rings. The lowest BCUT2D eigenvalue weighted by molar-refractivity contribution is -0.132. The molecule has 12 nitrogen and oxygen atoms in total. The normalized spacial score (nSPS) is 10.2. The monoisotopic (exact) mass is 609 g/mol. The van der Waals surface area contributed by atoms with Gasteiger partial charge in [-0.2, -0.15) is 0 Å². The van der Waals surface area contributed by atoms with Gasteiger partial charge in [-0.3, -0.25) is 28.8 Å². The van der Waals surface area contributed by atoms with Gasteiger partial charge in [0.2, 0.25) is 0 Å². The smallest absolute Gasteiger partial charge is 0.308 e. The largest absolute Gasteiger partial charge is 0.427 e. The molecular weight excluding hydrogens is 582 g/mol. The molecule has 3 amide bonds. The van der Waals surface area contributed by atoms with Crippen LogP contribution in [0.4, 0.5) is 17.1 Å². The molecular formula is C33H27N3O9. The van der Waals surface area contributed by atoms with Gasteiger partial charge in [0.25, 0.3) is 17.7 Å². The van der Waals surface area contributed by atoms with Gasteiger partial charge in [0.1, 0.15) is 17.2 Å². The van der Waals surface area contributed by atoms with E-state index in [1.807, 2.05) is 0 Å². The molecule has 12 heteroatoms. The highest BCUT2D eigenvalue weighted by Crippen LogP contribution is 2.23. The first-order chi connectivity index (χ1) is 21.4. The first-order valence-electron chi connectivity index (χ1n) is 13.4. The lowest BCUT2D eigenvalue weighted by Crippen LogP contribution is -2.19. The summed E-state index contributed by atoms with van der Waals surface area (Å²) < 4.78 is 15.2. The summed E-state index contributed by atoms with van der Waals surface area (Å²) in [6.45, 7) is 3.73. The predicted molar refractivity (Wildman–Crippen MR) is 164 cm³/mol. The van der Waals surface area contributed by atoms with Gasteiger partial charge in [-0.25, -0.2) is 0 Å². The minimum absolute atomic E-state index is 0.0342. The Bertz CT molecular complexity index is 1600. The highest BCUT2D eigenvalue weighted by Gasteiger charge is 2.18. The Morgan fingerprint density at radius 2 is 0.689 bits per heavy atom. The Morgan fingerprint density at radius 3 is 0.933 bits per heavy atom. The molecule has 0 atom stereocenters. The van der Waals surface area contributed by atoms with E-state index in [4.69, 9.17) is 14.2 Å². The van der Waals surface area contributed by atoms with Crippen molar-refractivity contribution in [1.29, 1.82) is 0 Å². The van der Waals surface area contributed by atoms with Gasteiger partial charge in [0.05, 0.1) is 0 Å². The van der Waals surface area contributed by atoms with Crippen molar-refractivity contribution >= 4 is 52.7 Å². The molecule has 45 heavy (non-hydrogen) atoms. The maximum absolute atomic E-state index is 13.3. The van der Waals surface area contributed by atoms with Crippen molar-refractivity contribution < 1.29 is 43.0 Å². The summed E-state index contributed by atoms with van der Waals surface area (Å²) in [6.07, 6.45) is 0. The van der Waals surface area contributed by atoms with Gasteiger partial charge in [-0.15, -0.1) is 0 Å². The van der Waals surface area contributed by atoms with Crippen LogP contribution in [0.1, 0.15) is 51.8 Å². The van der Waals surface area contributed by atoms with E-state index in [9.17, 15) is 28.8 Å². The number of benzene rings is 4. The number of carbonyl (C=O) groups is 6. The first-order valence-corrected chi connectivity index (χ1v) is 13.4. The minimum atomic E-state index is -0.660. The summed E-state index contributed by atoms with van der Waals surface area (Å²) in [7, 11) is 0. The van der Waals surface area contributed by atoms with E-state index in [0.29, 0.717) is 17.1 Å². The molecule has 0 saturated heterocycles. The number of hydrogen-bond donors (Lipinski definition) is 3. The van der Waals surface area contributed by atoms with Gasteiger partial charge < -0.3 is 30.2 Å². The van der Waals surface area contributed by atoms with E-state index < -0.39 is 35.6 Å². The molecule has 0 aromatic heterocycles. The summed E-state index contributed by atoms with van der Waals surface area (Å²) in [4.78, 5) is 74.0. The van der Waals surface area contributed by atoms with Crippen LogP contribution in [-0.4, -0.2) is 35.6 Å². The molecule has 4 rings (SSSR count). The number of esters is 3. The Labute approximate surface area is 257 Å². The van der Waals surface area contributed by atoms with Crippen LogP contribution in [0.2, 0.25) is 0 Å². The number of rotatable bonds is 9. The Balaban J connectivity index is 1.65. The van der Waals surface area contributed by atoms with Crippen molar-refractivity contribution in [2.75, 3.05) is 16.0 Å². The van der Waals surface area contributed by atoms with Gasteiger partial charge in [0, 0.05) is 72.7 Å². The second kappa shape index (κ2) is 14.2. The maximum Gasteiger partial charge on any atom is 0.308 e. The number of carbonyl (C=O) groups excluding carboxylic acids is 6. The zero-order valence-corrected chi connectivity index (χ0v) is 24.3. The van der Waals surface area contributed by atoms with Gasteiger partial charge in [-0.1, -0.05) is 18.2 Å². The lowest BCUT2D eigenvalue weighted by atomic mass is 10.0. The fourth-order valence-electron chi connectivity index (χ4n) is 4.04. The van der Waals surface area contributed by atoms with Gasteiger partial charge >= 0.3 is 17.9 Å². The SMILES string of the molecule is CC(=O)Oc1cccc(NC(=O)c2cc(C(=O)Nc3cccc(OC(C)=O)c3)cc(C(=O)Nc3cccc(OC(C)=O)c3)c2)c1. The molecule has 0 aliphatic heterocycles. The molecule has 0 aliphatic carbocycles. The number of hydrogen-bond acceptors (Lipinski definition) is 9. The van der Waals surface area contributed by atoms with Crippen LogP contribution in [0.3, 0.4) is 0 Å². The first kappa shape index (κ1) is 31.6. The van der Waals surface area contributed by atoms with E-state index in [0.717, 1.165) is 0 Å². The lowest BCUT2D eigenvalue weighted by Gasteiger charge is -2.13. The van der Waals surface area contributed by atoms with Crippen LogP contribution >= 0.6 is 0 Å². The van der Waals surface area contributed by atoms with Crippen molar-refractivity contribution in [2.45, 2.75) is 20.8 Å². The van der Waals surface area contributed by atoms with Gasteiger partial charge in [0.15, 0.2) is 0 Å². The van der Waals surface area contributed by atoms with Crippen LogP contribution in [0, 0.1) is 0 Å². The Kier molecular flexibility index (Phi) is 10.0. The van der Waals surface area contributed by atoms with E-state index in [1.54, 1.807) is 36.4 Å². The van der Waals surface area contributed by atoms with Crippen LogP contribution in [0.25, 0.3) is 0 Å². The zero-order chi connectivity index (χ0) is 32.5. The van der Waals surface area contributed by atoms with Crippen molar-refractivity contribution in [2.24, 2.45) is 0 Å². The third kappa shape index (κ3) is 9.35. The Hall–Kier alpha value is -6.30. The topological polar surface area (TPSA) is 166 Å². The van der Waals surface area contributed by atoms with Crippen molar-refractivity contribution in [3.05, 3.63) is 108 Å². The summed E-state index contributed by atoms with van der Waals surface area (Å²) >= 11 is 0. The van der Waals surface area contributed by atoms with Crippen molar-refractivity contribution in [3.63, 3.8) is 0 Å². The second-order valence-corrected chi connectivity index (χ2v) is 9.53. The Morgan fingerprint density at radius 1 is 0.422 bits per heavy atom. The van der Waals surface area contributed by atoms with E-state index >= 15 is 0 Å². The number of anilines is 3.